The van der Waals surface area contributed by atoms with Crippen LogP contribution >= 0.6 is 0 Å². The summed E-state index contributed by atoms with van der Waals surface area (Å²) < 4.78 is 5.09. The lowest BCUT2D eigenvalue weighted by molar-refractivity contribution is -0.140. The molecule has 2 rings (SSSR count). The maximum atomic E-state index is 12.4. The molecule has 0 aromatic heterocycles. The molecular formula is C24H29N5O6. The molecule has 186 valence electrons. The predicted molar refractivity (Wildman–Crippen MR) is 128 cm³/mol. The monoisotopic (exact) mass is 483 g/mol. The fraction of sp³-hybridized carbons (Fsp3) is 0.292. The first-order valence-electron chi connectivity index (χ1n) is 10.8. The molecule has 7 N–H and O–H groups in total. The van der Waals surface area contributed by atoms with Gasteiger partial charge >= 0.3 is 5.97 Å². The molecule has 0 radical (unpaired) electrons. The van der Waals surface area contributed by atoms with E-state index in [9.17, 15) is 19.2 Å². The second kappa shape index (κ2) is 13.3. The van der Waals surface area contributed by atoms with Gasteiger partial charge in [-0.2, -0.15) is 0 Å². The van der Waals surface area contributed by atoms with E-state index in [4.69, 9.17) is 21.0 Å². The van der Waals surface area contributed by atoms with Gasteiger partial charge in [-0.3, -0.25) is 24.6 Å². The second-order valence-corrected chi connectivity index (χ2v) is 7.60. The van der Waals surface area contributed by atoms with Crippen LogP contribution in [0.4, 0.5) is 0 Å². The zero-order chi connectivity index (χ0) is 25.8. The van der Waals surface area contributed by atoms with E-state index >= 15 is 0 Å². The van der Waals surface area contributed by atoms with Crippen molar-refractivity contribution >= 4 is 29.5 Å². The average molecular weight is 484 g/mol. The maximum Gasteiger partial charge on any atom is 0.305 e. The number of benzene rings is 2. The van der Waals surface area contributed by atoms with Crippen LogP contribution in [0.1, 0.15) is 34.3 Å². The van der Waals surface area contributed by atoms with Gasteiger partial charge in [0.1, 0.15) is 17.6 Å². The lowest BCUT2D eigenvalue weighted by atomic mass is 10.1. The van der Waals surface area contributed by atoms with Crippen molar-refractivity contribution in [3.8, 4) is 5.75 Å². The zero-order valence-corrected chi connectivity index (χ0v) is 19.3. The number of amidine groups is 1. The van der Waals surface area contributed by atoms with E-state index in [-0.39, 0.29) is 25.3 Å². The number of methoxy groups -OCH3 is 1. The number of nitrogens with two attached hydrogens (primary N) is 1. The van der Waals surface area contributed by atoms with E-state index < -0.39 is 36.2 Å². The minimum absolute atomic E-state index is 0.0159. The number of nitrogens with one attached hydrogen (secondary N) is 4. The van der Waals surface area contributed by atoms with Gasteiger partial charge in [-0.1, -0.05) is 24.3 Å². The molecule has 0 fully saturated rings. The molecule has 2 aromatic carbocycles. The molecule has 0 aliphatic carbocycles. The van der Waals surface area contributed by atoms with E-state index in [1.54, 1.807) is 19.2 Å². The Labute approximate surface area is 202 Å². The molecule has 0 aliphatic rings. The molecule has 0 unspecified atom stereocenters. The highest BCUT2D eigenvalue weighted by molar-refractivity contribution is 5.98. The van der Waals surface area contributed by atoms with Gasteiger partial charge in [-0.05, 0) is 36.2 Å². The standard InChI is InChI=1S/C24H29N5O6/c1-35-18-8-2-15(3-9-18)10-12-28-24(34)19(14-21(31)32)29-20(30)11-13-27-23(33)17-6-4-16(5-7-17)22(25)26/h2-9,19H,10-14H2,1H3,(H3,25,26)(H,27,33)(H,28,34)(H,29,30)(H,31,32)/t19-/m0/s1. The normalized spacial score (nSPS) is 11.1. The third kappa shape index (κ3) is 9.16. The third-order valence-corrected chi connectivity index (χ3v) is 5.00. The van der Waals surface area contributed by atoms with Crippen LogP contribution in [0.5, 0.6) is 5.75 Å². The van der Waals surface area contributed by atoms with Crippen molar-refractivity contribution in [2.45, 2.75) is 25.3 Å². The lowest BCUT2D eigenvalue weighted by Gasteiger charge is -2.17. The number of carbonyl (C=O) groups excluding carboxylic acids is 3. The third-order valence-electron chi connectivity index (χ3n) is 5.00. The van der Waals surface area contributed by atoms with E-state index in [0.29, 0.717) is 23.3 Å². The first-order chi connectivity index (χ1) is 16.7. The minimum atomic E-state index is -1.24. The van der Waals surface area contributed by atoms with Gasteiger partial charge in [0, 0.05) is 30.6 Å². The predicted octanol–water partition coefficient (Wildman–Crippen LogP) is 0.418. The number of rotatable bonds is 13. The summed E-state index contributed by atoms with van der Waals surface area (Å²) in [5, 5.41) is 24.1. The van der Waals surface area contributed by atoms with Crippen LogP contribution in [0.2, 0.25) is 0 Å². The van der Waals surface area contributed by atoms with E-state index in [1.165, 1.54) is 24.3 Å². The Morgan fingerprint density at radius 2 is 1.60 bits per heavy atom. The van der Waals surface area contributed by atoms with Crippen molar-refractivity contribution in [3.05, 3.63) is 65.2 Å². The van der Waals surface area contributed by atoms with Gasteiger partial charge in [0.05, 0.1) is 13.5 Å². The summed E-state index contributed by atoms with van der Waals surface area (Å²) >= 11 is 0. The fourth-order valence-electron chi connectivity index (χ4n) is 3.09. The van der Waals surface area contributed by atoms with Gasteiger partial charge in [-0.25, -0.2) is 0 Å². The Morgan fingerprint density at radius 3 is 2.17 bits per heavy atom. The van der Waals surface area contributed by atoms with Crippen molar-refractivity contribution in [3.63, 3.8) is 0 Å². The molecule has 0 spiro atoms. The van der Waals surface area contributed by atoms with E-state index in [1.807, 2.05) is 12.1 Å². The lowest BCUT2D eigenvalue weighted by Crippen LogP contribution is -2.48. The summed E-state index contributed by atoms with van der Waals surface area (Å²) in [7, 11) is 1.56. The van der Waals surface area contributed by atoms with Crippen LogP contribution < -0.4 is 26.4 Å². The van der Waals surface area contributed by atoms with Crippen LogP contribution in [0.25, 0.3) is 0 Å². The second-order valence-electron chi connectivity index (χ2n) is 7.60. The minimum Gasteiger partial charge on any atom is -0.497 e. The molecular weight excluding hydrogens is 454 g/mol. The highest BCUT2D eigenvalue weighted by Crippen LogP contribution is 2.11. The summed E-state index contributed by atoms with van der Waals surface area (Å²) in [5.41, 5.74) is 7.14. The molecule has 35 heavy (non-hydrogen) atoms. The highest BCUT2D eigenvalue weighted by Gasteiger charge is 2.23. The molecule has 3 amide bonds. The molecule has 11 nitrogen and oxygen atoms in total. The quantitative estimate of drug-likeness (QED) is 0.176. The number of carboxylic acids is 1. The molecule has 0 heterocycles. The summed E-state index contributed by atoms with van der Waals surface area (Å²) in [4.78, 5) is 48.0. The fourth-order valence-corrected chi connectivity index (χ4v) is 3.09. The smallest absolute Gasteiger partial charge is 0.305 e. The summed E-state index contributed by atoms with van der Waals surface area (Å²) in [5.74, 6) is -2.25. The van der Waals surface area contributed by atoms with Gasteiger partial charge in [0.2, 0.25) is 11.8 Å². The number of aliphatic carboxylic acids is 1. The number of carbonyl (C=O) groups is 4. The molecule has 0 saturated carbocycles. The first kappa shape index (κ1) is 26.8. The highest BCUT2D eigenvalue weighted by atomic mass is 16.5. The first-order valence-corrected chi connectivity index (χ1v) is 10.8. The van der Waals surface area contributed by atoms with Crippen molar-refractivity contribution < 1.29 is 29.0 Å². The van der Waals surface area contributed by atoms with Gasteiger partial charge in [0.15, 0.2) is 0 Å². The zero-order valence-electron chi connectivity index (χ0n) is 19.3. The maximum absolute atomic E-state index is 12.4. The topological polar surface area (TPSA) is 184 Å². The van der Waals surface area contributed by atoms with Crippen molar-refractivity contribution in [2.24, 2.45) is 5.73 Å². The van der Waals surface area contributed by atoms with Crippen LogP contribution in [0.15, 0.2) is 48.5 Å². The Bertz CT molecular complexity index is 1050. The number of hydrogen-bond donors (Lipinski definition) is 6. The van der Waals surface area contributed by atoms with Crippen molar-refractivity contribution in [2.75, 3.05) is 20.2 Å². The number of amides is 3. The molecule has 0 saturated heterocycles. The average Bonchev–Trinajstić information content (AvgIpc) is 2.83. The number of ether oxygens (including phenoxy) is 1. The van der Waals surface area contributed by atoms with Gasteiger partial charge in [0.25, 0.3) is 5.91 Å². The van der Waals surface area contributed by atoms with Crippen LogP contribution in [-0.4, -0.2) is 60.9 Å². The molecule has 2 aromatic rings. The van der Waals surface area contributed by atoms with E-state index in [0.717, 1.165) is 5.56 Å². The van der Waals surface area contributed by atoms with Crippen molar-refractivity contribution in [1.29, 1.82) is 5.41 Å². The number of hydrogen-bond acceptors (Lipinski definition) is 6. The Kier molecular flexibility index (Phi) is 10.2. The summed E-state index contributed by atoms with van der Waals surface area (Å²) in [6, 6.07) is 12.1. The van der Waals surface area contributed by atoms with Gasteiger partial charge < -0.3 is 31.5 Å². The Morgan fingerprint density at radius 1 is 0.971 bits per heavy atom. The number of nitrogen functional groups attached to an aromatic ring is 1. The number of carboxylic acid groups (broad SMARTS) is 1. The molecule has 0 aliphatic heterocycles. The largest absolute Gasteiger partial charge is 0.497 e. The van der Waals surface area contributed by atoms with Crippen molar-refractivity contribution in [1.82, 2.24) is 16.0 Å². The molecule has 0 bridgehead atoms. The van der Waals surface area contributed by atoms with Crippen LogP contribution in [0, 0.1) is 5.41 Å². The van der Waals surface area contributed by atoms with Crippen LogP contribution in [-0.2, 0) is 20.8 Å². The SMILES string of the molecule is COc1ccc(CCNC(=O)[C@H](CC(=O)O)NC(=O)CCNC(=O)c2ccc(C(=N)N)cc2)cc1. The Balaban J connectivity index is 1.80. The van der Waals surface area contributed by atoms with Crippen LogP contribution in [0.3, 0.4) is 0 Å². The summed E-state index contributed by atoms with van der Waals surface area (Å²) in [6.07, 6.45) is -0.204. The van der Waals surface area contributed by atoms with Gasteiger partial charge in [-0.15, -0.1) is 0 Å². The van der Waals surface area contributed by atoms with E-state index in [2.05, 4.69) is 16.0 Å². The Hall–Kier alpha value is -4.41. The molecule has 1 atom stereocenters. The summed E-state index contributed by atoms with van der Waals surface area (Å²) in [6.45, 7) is 0.244. The molecule has 11 heteroatoms.